The van der Waals surface area contributed by atoms with Crippen LogP contribution in [0.1, 0.15) is 10.5 Å². The molecule has 0 saturated carbocycles. The van der Waals surface area contributed by atoms with Gasteiger partial charge in [-0.15, -0.1) is 0 Å². The first kappa shape index (κ1) is 14.3. The Morgan fingerprint density at radius 2 is 2.20 bits per heavy atom. The number of carbonyl (C=O) groups is 3. The highest BCUT2D eigenvalue weighted by Crippen LogP contribution is 2.10. The van der Waals surface area contributed by atoms with Crippen LogP contribution in [0.3, 0.4) is 0 Å². The van der Waals surface area contributed by atoms with Gasteiger partial charge in [-0.25, -0.2) is 4.79 Å². The Hall–Kier alpha value is -2.13. The molecule has 9 heteroatoms. The number of aromatic amines is 1. The highest BCUT2D eigenvalue weighted by Gasteiger charge is 2.23. The second-order valence-electron chi connectivity index (χ2n) is 4.00. The number of imide groups is 1. The summed E-state index contributed by atoms with van der Waals surface area (Å²) in [5.41, 5.74) is 0.294. The molecule has 0 aliphatic carbocycles. The molecule has 1 saturated heterocycles. The van der Waals surface area contributed by atoms with Gasteiger partial charge >= 0.3 is 6.03 Å². The lowest BCUT2D eigenvalue weighted by atomic mass is 10.2. The van der Waals surface area contributed by atoms with Gasteiger partial charge in [0.25, 0.3) is 11.8 Å². The first-order valence-electron chi connectivity index (χ1n) is 5.60. The van der Waals surface area contributed by atoms with Crippen molar-refractivity contribution in [1.29, 1.82) is 0 Å². The van der Waals surface area contributed by atoms with E-state index < -0.39 is 23.9 Å². The van der Waals surface area contributed by atoms with Crippen LogP contribution in [-0.2, 0) is 4.79 Å². The zero-order chi connectivity index (χ0) is 14.7. The van der Waals surface area contributed by atoms with E-state index in [-0.39, 0.29) is 12.2 Å². The predicted molar refractivity (Wildman–Crippen MR) is 71.6 cm³/mol. The summed E-state index contributed by atoms with van der Waals surface area (Å²) < 4.78 is 0.732. The number of rotatable bonds is 4. The summed E-state index contributed by atoms with van der Waals surface area (Å²) in [7, 11) is 0. The van der Waals surface area contributed by atoms with Gasteiger partial charge in [0, 0.05) is 17.2 Å². The fourth-order valence-corrected chi connectivity index (χ4v) is 1.88. The van der Waals surface area contributed by atoms with Crippen molar-refractivity contribution in [3.8, 4) is 0 Å². The Morgan fingerprint density at radius 1 is 1.45 bits per heavy atom. The van der Waals surface area contributed by atoms with Crippen LogP contribution in [0.25, 0.3) is 0 Å². The highest BCUT2D eigenvalue weighted by atomic mass is 79.9. The van der Waals surface area contributed by atoms with E-state index in [1.54, 1.807) is 12.3 Å². The largest absolute Gasteiger partial charge is 0.387 e. The van der Waals surface area contributed by atoms with E-state index >= 15 is 0 Å². The Balaban J connectivity index is 1.88. The molecular weight excluding hydrogens is 332 g/mol. The third kappa shape index (κ3) is 3.45. The van der Waals surface area contributed by atoms with E-state index in [0.29, 0.717) is 5.69 Å². The molecule has 1 aromatic rings. The summed E-state index contributed by atoms with van der Waals surface area (Å²) in [6, 6.07) is 0.943. The molecule has 1 fully saturated rings. The Bertz CT molecular complexity index is 595. The van der Waals surface area contributed by atoms with Crippen LogP contribution in [0.2, 0.25) is 0 Å². The molecule has 5 N–H and O–H groups in total. The number of urea groups is 1. The smallest absolute Gasteiger partial charge is 0.326 e. The minimum absolute atomic E-state index is 0.0423. The van der Waals surface area contributed by atoms with E-state index in [1.807, 2.05) is 5.32 Å². The van der Waals surface area contributed by atoms with Crippen molar-refractivity contribution in [2.75, 3.05) is 6.54 Å². The van der Waals surface area contributed by atoms with Gasteiger partial charge in [0.15, 0.2) is 0 Å². The summed E-state index contributed by atoms with van der Waals surface area (Å²) in [6.07, 6.45) is 1.66. The van der Waals surface area contributed by atoms with Crippen LogP contribution in [-0.4, -0.2) is 40.6 Å². The van der Waals surface area contributed by atoms with E-state index in [2.05, 4.69) is 31.5 Å². The number of nitrogens with one attached hydrogen (secondary N) is 4. The number of aliphatic hydroxyl groups excluding tert-OH is 1. The van der Waals surface area contributed by atoms with Gasteiger partial charge in [0.05, 0.1) is 6.10 Å². The lowest BCUT2D eigenvalue weighted by Crippen LogP contribution is -2.32. The molecule has 0 aromatic carbocycles. The van der Waals surface area contributed by atoms with Crippen molar-refractivity contribution in [1.82, 2.24) is 20.9 Å². The number of amides is 4. The maximum atomic E-state index is 11.7. The summed E-state index contributed by atoms with van der Waals surface area (Å²) in [5.74, 6) is -1.01. The fourth-order valence-electron chi connectivity index (χ4n) is 1.54. The lowest BCUT2D eigenvalue weighted by Gasteiger charge is -2.07. The number of aliphatic hydroxyl groups is 1. The first-order valence-corrected chi connectivity index (χ1v) is 6.39. The fraction of sp³-hybridized carbons (Fsp3) is 0.182. The Morgan fingerprint density at radius 3 is 2.75 bits per heavy atom. The minimum Gasteiger partial charge on any atom is -0.387 e. The van der Waals surface area contributed by atoms with Crippen molar-refractivity contribution in [2.24, 2.45) is 0 Å². The van der Waals surface area contributed by atoms with E-state index in [0.717, 1.165) is 10.5 Å². The van der Waals surface area contributed by atoms with Crippen LogP contribution in [0, 0.1) is 0 Å². The topological polar surface area (TPSA) is 123 Å². The number of aromatic nitrogens is 1. The second kappa shape index (κ2) is 5.88. The molecule has 1 unspecified atom stereocenters. The van der Waals surface area contributed by atoms with Gasteiger partial charge in [-0.3, -0.25) is 14.9 Å². The quantitative estimate of drug-likeness (QED) is 0.377. The number of carbonyl (C=O) groups excluding carboxylic acids is 3. The van der Waals surface area contributed by atoms with Crippen molar-refractivity contribution in [3.63, 3.8) is 0 Å². The van der Waals surface area contributed by atoms with E-state index in [4.69, 9.17) is 0 Å². The molecule has 1 aliphatic rings. The molecule has 2 heterocycles. The Kier molecular flexibility index (Phi) is 4.20. The van der Waals surface area contributed by atoms with Crippen LogP contribution >= 0.6 is 15.9 Å². The van der Waals surface area contributed by atoms with Crippen LogP contribution in [0.4, 0.5) is 4.79 Å². The monoisotopic (exact) mass is 342 g/mol. The van der Waals surface area contributed by atoms with Crippen molar-refractivity contribution < 1.29 is 19.5 Å². The van der Waals surface area contributed by atoms with Crippen molar-refractivity contribution in [2.45, 2.75) is 6.10 Å². The minimum atomic E-state index is -1.10. The zero-order valence-corrected chi connectivity index (χ0v) is 11.7. The Labute approximate surface area is 121 Å². The van der Waals surface area contributed by atoms with Gasteiger partial charge in [-0.1, -0.05) is 0 Å². The molecule has 106 valence electrons. The maximum absolute atomic E-state index is 11.7. The summed E-state index contributed by atoms with van der Waals surface area (Å²) in [5, 5.41) is 16.4. The number of hydrogen-bond acceptors (Lipinski definition) is 4. The van der Waals surface area contributed by atoms with Gasteiger partial charge in [-0.05, 0) is 28.1 Å². The third-order valence-electron chi connectivity index (χ3n) is 2.44. The molecule has 0 radical (unpaired) electrons. The average molecular weight is 343 g/mol. The molecule has 8 nitrogen and oxygen atoms in total. The SMILES string of the molecule is O=C1NC(=O)C(=CC(O)CNC(=O)c2cc(Br)c[nH]2)N1. The normalized spacial score (nSPS) is 17.8. The van der Waals surface area contributed by atoms with Crippen LogP contribution in [0.15, 0.2) is 28.5 Å². The van der Waals surface area contributed by atoms with Gasteiger partial charge in [0.2, 0.25) is 0 Å². The summed E-state index contributed by atoms with van der Waals surface area (Å²) in [6.45, 7) is -0.0951. The van der Waals surface area contributed by atoms with E-state index in [9.17, 15) is 19.5 Å². The first-order chi connectivity index (χ1) is 9.45. The molecular formula is C11H11BrN4O4. The molecule has 2 rings (SSSR count). The van der Waals surface area contributed by atoms with Gasteiger partial charge in [0.1, 0.15) is 11.4 Å². The molecule has 1 aliphatic heterocycles. The summed E-state index contributed by atoms with van der Waals surface area (Å²) in [4.78, 5) is 36.5. The number of halogens is 1. The lowest BCUT2D eigenvalue weighted by molar-refractivity contribution is -0.115. The zero-order valence-electron chi connectivity index (χ0n) is 10.1. The molecule has 1 aromatic heterocycles. The second-order valence-corrected chi connectivity index (χ2v) is 4.91. The average Bonchev–Trinajstić information content (AvgIpc) is 2.93. The van der Waals surface area contributed by atoms with E-state index in [1.165, 1.54) is 0 Å². The van der Waals surface area contributed by atoms with Gasteiger partial charge < -0.3 is 20.7 Å². The molecule has 4 amide bonds. The van der Waals surface area contributed by atoms with Crippen LogP contribution < -0.4 is 16.0 Å². The van der Waals surface area contributed by atoms with Gasteiger partial charge in [-0.2, -0.15) is 0 Å². The number of hydrogen-bond donors (Lipinski definition) is 5. The number of H-pyrrole nitrogens is 1. The summed E-state index contributed by atoms with van der Waals surface area (Å²) >= 11 is 3.20. The van der Waals surface area contributed by atoms with Crippen LogP contribution in [0.5, 0.6) is 0 Å². The maximum Gasteiger partial charge on any atom is 0.326 e. The van der Waals surface area contributed by atoms with Crippen molar-refractivity contribution in [3.05, 3.63) is 34.2 Å². The third-order valence-corrected chi connectivity index (χ3v) is 2.90. The molecule has 20 heavy (non-hydrogen) atoms. The molecule has 1 atom stereocenters. The molecule has 0 spiro atoms. The van der Waals surface area contributed by atoms with Crippen molar-refractivity contribution >= 4 is 33.8 Å². The molecule has 0 bridgehead atoms. The predicted octanol–water partition coefficient (Wildman–Crippen LogP) is -0.409. The highest BCUT2D eigenvalue weighted by molar-refractivity contribution is 9.10. The standard InChI is InChI=1S/C11H11BrN4O4/c12-5-1-7(13-3-5)9(18)14-4-6(17)2-8-10(19)16-11(20)15-8/h1-3,6,13,17H,4H2,(H,14,18)(H2,15,16,19,20).